The topological polar surface area (TPSA) is 58.6 Å². The van der Waals surface area contributed by atoms with Gasteiger partial charge in [0.1, 0.15) is 0 Å². The number of alkyl halides is 1. The van der Waals surface area contributed by atoms with Crippen LogP contribution in [0.4, 0.5) is 0 Å². The van der Waals surface area contributed by atoms with Crippen LogP contribution in [0, 0.1) is 11.8 Å². The van der Waals surface area contributed by atoms with Gasteiger partial charge in [0.15, 0.2) is 0 Å². The van der Waals surface area contributed by atoms with Gasteiger partial charge in [-0.3, -0.25) is 9.59 Å². The SMILES string of the molecule is COC1CCC(C(=O)N2CCC(C(=O)NC3CCCC(Br)C3)CC2)CC1. The van der Waals surface area contributed by atoms with E-state index >= 15 is 0 Å². The van der Waals surface area contributed by atoms with Crippen molar-refractivity contribution in [3.63, 3.8) is 0 Å². The molecule has 1 saturated heterocycles. The molecular weight excluding hydrogens is 396 g/mol. The molecule has 3 aliphatic rings. The number of halogens is 1. The number of hydrogen-bond donors (Lipinski definition) is 1. The average molecular weight is 429 g/mol. The Labute approximate surface area is 165 Å². The third-order valence-electron chi connectivity index (χ3n) is 6.49. The van der Waals surface area contributed by atoms with Crippen LogP contribution >= 0.6 is 15.9 Å². The summed E-state index contributed by atoms with van der Waals surface area (Å²) in [5.41, 5.74) is 0. The van der Waals surface area contributed by atoms with Crippen molar-refractivity contribution in [1.29, 1.82) is 0 Å². The van der Waals surface area contributed by atoms with E-state index in [4.69, 9.17) is 4.74 Å². The summed E-state index contributed by atoms with van der Waals surface area (Å²) in [5.74, 6) is 0.723. The lowest BCUT2D eigenvalue weighted by Gasteiger charge is -2.36. The second-order valence-electron chi connectivity index (χ2n) is 8.28. The molecule has 0 bridgehead atoms. The summed E-state index contributed by atoms with van der Waals surface area (Å²) in [6.07, 6.45) is 10.3. The molecule has 0 aromatic rings. The van der Waals surface area contributed by atoms with Gasteiger partial charge >= 0.3 is 0 Å². The molecule has 2 atom stereocenters. The van der Waals surface area contributed by atoms with Crippen molar-refractivity contribution in [3.8, 4) is 0 Å². The smallest absolute Gasteiger partial charge is 0.225 e. The number of hydrogen-bond acceptors (Lipinski definition) is 3. The molecule has 2 saturated carbocycles. The molecule has 26 heavy (non-hydrogen) atoms. The number of piperidine rings is 1. The predicted molar refractivity (Wildman–Crippen MR) is 105 cm³/mol. The lowest BCUT2D eigenvalue weighted by molar-refractivity contribution is -0.140. The van der Waals surface area contributed by atoms with Gasteiger partial charge in [-0.2, -0.15) is 0 Å². The molecule has 0 aromatic heterocycles. The van der Waals surface area contributed by atoms with Gasteiger partial charge in [0.05, 0.1) is 6.10 Å². The van der Waals surface area contributed by atoms with Gasteiger partial charge < -0.3 is 15.0 Å². The number of nitrogens with one attached hydrogen (secondary N) is 1. The number of ether oxygens (including phenoxy) is 1. The van der Waals surface area contributed by atoms with Gasteiger partial charge in [-0.1, -0.05) is 22.4 Å². The fourth-order valence-corrected chi connectivity index (χ4v) is 5.52. The van der Waals surface area contributed by atoms with Crippen molar-refractivity contribution in [2.24, 2.45) is 11.8 Å². The van der Waals surface area contributed by atoms with E-state index in [-0.39, 0.29) is 17.7 Å². The van der Waals surface area contributed by atoms with Crippen molar-refractivity contribution >= 4 is 27.7 Å². The maximum absolute atomic E-state index is 12.8. The van der Waals surface area contributed by atoms with E-state index < -0.39 is 0 Å². The highest BCUT2D eigenvalue weighted by Crippen LogP contribution is 2.29. The molecule has 2 unspecified atom stereocenters. The van der Waals surface area contributed by atoms with E-state index in [0.717, 1.165) is 64.5 Å². The molecule has 0 radical (unpaired) electrons. The summed E-state index contributed by atoms with van der Waals surface area (Å²) in [6.45, 7) is 1.46. The zero-order valence-corrected chi connectivity index (χ0v) is 17.5. The van der Waals surface area contributed by atoms with Gasteiger partial charge in [0.25, 0.3) is 0 Å². The molecule has 3 fully saturated rings. The molecule has 2 amide bonds. The normalized spacial score (nSPS) is 33.7. The summed E-state index contributed by atoms with van der Waals surface area (Å²) in [6, 6.07) is 0.316. The highest BCUT2D eigenvalue weighted by molar-refractivity contribution is 9.09. The molecule has 148 valence electrons. The van der Waals surface area contributed by atoms with E-state index in [1.807, 2.05) is 4.90 Å². The van der Waals surface area contributed by atoms with Crippen LogP contribution in [-0.2, 0) is 14.3 Å². The number of likely N-dealkylation sites (tertiary alicyclic amines) is 1. The monoisotopic (exact) mass is 428 g/mol. The molecule has 6 heteroatoms. The van der Waals surface area contributed by atoms with Crippen LogP contribution in [0.2, 0.25) is 0 Å². The van der Waals surface area contributed by atoms with Crippen LogP contribution in [0.1, 0.15) is 64.2 Å². The Morgan fingerprint density at radius 3 is 2.27 bits per heavy atom. The Hall–Kier alpha value is -0.620. The Morgan fingerprint density at radius 1 is 0.962 bits per heavy atom. The summed E-state index contributed by atoms with van der Waals surface area (Å²) < 4.78 is 5.40. The number of nitrogens with zero attached hydrogens (tertiary/aromatic N) is 1. The molecular formula is C20H33BrN2O3. The van der Waals surface area contributed by atoms with Gasteiger partial charge in [-0.05, 0) is 57.8 Å². The lowest BCUT2D eigenvalue weighted by Crippen LogP contribution is -2.47. The first-order chi connectivity index (χ1) is 12.6. The molecule has 2 aliphatic carbocycles. The number of amides is 2. The highest BCUT2D eigenvalue weighted by atomic mass is 79.9. The van der Waals surface area contributed by atoms with Crippen molar-refractivity contribution in [2.75, 3.05) is 20.2 Å². The molecule has 3 rings (SSSR count). The van der Waals surface area contributed by atoms with Crippen LogP contribution in [0.25, 0.3) is 0 Å². The number of methoxy groups -OCH3 is 1. The van der Waals surface area contributed by atoms with Gasteiger partial charge in [0.2, 0.25) is 11.8 Å². The molecule has 1 N–H and O–H groups in total. The van der Waals surface area contributed by atoms with Gasteiger partial charge in [-0.25, -0.2) is 0 Å². The van der Waals surface area contributed by atoms with Gasteiger partial charge in [-0.15, -0.1) is 0 Å². The van der Waals surface area contributed by atoms with Crippen molar-refractivity contribution < 1.29 is 14.3 Å². The van der Waals surface area contributed by atoms with E-state index in [1.54, 1.807) is 7.11 Å². The van der Waals surface area contributed by atoms with E-state index in [1.165, 1.54) is 12.8 Å². The predicted octanol–water partition coefficient (Wildman–Crippen LogP) is 3.25. The lowest BCUT2D eigenvalue weighted by atomic mass is 9.85. The van der Waals surface area contributed by atoms with Crippen LogP contribution in [0.15, 0.2) is 0 Å². The summed E-state index contributed by atoms with van der Waals surface area (Å²) >= 11 is 3.68. The fraction of sp³-hybridized carbons (Fsp3) is 0.900. The van der Waals surface area contributed by atoms with Crippen molar-refractivity contribution in [3.05, 3.63) is 0 Å². The van der Waals surface area contributed by atoms with Crippen molar-refractivity contribution in [2.45, 2.75) is 81.2 Å². The maximum atomic E-state index is 12.8. The fourth-order valence-electron chi connectivity index (χ4n) is 4.75. The molecule has 1 aliphatic heterocycles. The molecule has 1 heterocycles. The maximum Gasteiger partial charge on any atom is 0.225 e. The van der Waals surface area contributed by atoms with Crippen LogP contribution in [0.5, 0.6) is 0 Å². The number of rotatable bonds is 4. The van der Waals surface area contributed by atoms with Gasteiger partial charge in [0, 0.05) is 42.9 Å². The Morgan fingerprint density at radius 2 is 1.65 bits per heavy atom. The Kier molecular flexibility index (Phi) is 7.38. The molecule has 0 spiro atoms. The summed E-state index contributed by atoms with van der Waals surface area (Å²) in [7, 11) is 1.76. The Balaban J connectivity index is 1.40. The molecule has 0 aromatic carbocycles. The minimum Gasteiger partial charge on any atom is -0.381 e. The highest BCUT2D eigenvalue weighted by Gasteiger charge is 2.33. The quantitative estimate of drug-likeness (QED) is 0.698. The van der Waals surface area contributed by atoms with E-state index in [2.05, 4.69) is 21.2 Å². The van der Waals surface area contributed by atoms with E-state index in [0.29, 0.717) is 22.9 Å². The minimum atomic E-state index is 0.0685. The number of carbonyl (C=O) groups excluding carboxylic acids is 2. The molecule has 5 nitrogen and oxygen atoms in total. The zero-order valence-electron chi connectivity index (χ0n) is 15.9. The van der Waals surface area contributed by atoms with Crippen LogP contribution < -0.4 is 5.32 Å². The zero-order chi connectivity index (χ0) is 18.5. The first-order valence-corrected chi connectivity index (χ1v) is 11.2. The van der Waals surface area contributed by atoms with Crippen molar-refractivity contribution in [1.82, 2.24) is 10.2 Å². The Bertz CT molecular complexity index is 485. The van der Waals surface area contributed by atoms with E-state index in [9.17, 15) is 9.59 Å². The largest absolute Gasteiger partial charge is 0.381 e. The van der Waals surface area contributed by atoms with Crippen LogP contribution in [0.3, 0.4) is 0 Å². The first-order valence-electron chi connectivity index (χ1n) is 10.3. The third-order valence-corrected chi connectivity index (χ3v) is 7.32. The second-order valence-corrected chi connectivity index (χ2v) is 9.57. The third kappa shape index (κ3) is 5.22. The van der Waals surface area contributed by atoms with Crippen LogP contribution in [-0.4, -0.2) is 53.9 Å². The average Bonchev–Trinajstić information content (AvgIpc) is 2.67. The first kappa shape index (κ1) is 20.1. The summed E-state index contributed by atoms with van der Waals surface area (Å²) in [5, 5.41) is 3.25. The number of carbonyl (C=O) groups is 2. The summed E-state index contributed by atoms with van der Waals surface area (Å²) in [4.78, 5) is 27.9. The second kappa shape index (κ2) is 9.54. The standard InChI is InChI=1S/C20H33BrN2O3/c1-26-18-7-5-15(6-8-18)20(25)23-11-9-14(10-12-23)19(24)22-17-4-2-3-16(21)13-17/h14-18H,2-13H2,1H3,(H,22,24). The minimum absolute atomic E-state index is 0.0685.